The summed E-state index contributed by atoms with van der Waals surface area (Å²) in [6.45, 7) is 1.74. The van der Waals surface area contributed by atoms with Crippen LogP contribution in [0.1, 0.15) is 39.0 Å². The SMILES string of the molecule is CCC(CO)N1C(=O)CCCCC1=O. The maximum absolute atomic E-state index is 11.6. The maximum atomic E-state index is 11.6. The van der Waals surface area contributed by atoms with Gasteiger partial charge >= 0.3 is 0 Å². The minimum absolute atomic E-state index is 0.131. The molecule has 0 aliphatic carbocycles. The molecule has 1 aliphatic heterocycles. The molecule has 1 unspecified atom stereocenters. The minimum atomic E-state index is -0.326. The first-order valence-electron chi connectivity index (χ1n) is 5.16. The summed E-state index contributed by atoms with van der Waals surface area (Å²) in [7, 11) is 0. The number of aliphatic hydroxyl groups excluding tert-OH is 1. The second-order valence-electron chi connectivity index (χ2n) is 3.61. The number of likely N-dealkylation sites (tertiary alicyclic amines) is 1. The molecule has 1 atom stereocenters. The number of hydrogen-bond donors (Lipinski definition) is 1. The second kappa shape index (κ2) is 5.10. The molecular weight excluding hydrogens is 182 g/mol. The van der Waals surface area contributed by atoms with Gasteiger partial charge in [-0.3, -0.25) is 14.5 Å². The third kappa shape index (κ3) is 2.32. The molecule has 1 heterocycles. The van der Waals surface area contributed by atoms with Crippen molar-refractivity contribution in [2.24, 2.45) is 0 Å². The predicted molar refractivity (Wildman–Crippen MR) is 51.5 cm³/mol. The number of imide groups is 1. The van der Waals surface area contributed by atoms with E-state index >= 15 is 0 Å². The first-order valence-corrected chi connectivity index (χ1v) is 5.16. The molecule has 0 bridgehead atoms. The van der Waals surface area contributed by atoms with Crippen LogP contribution in [0.4, 0.5) is 0 Å². The van der Waals surface area contributed by atoms with Crippen molar-refractivity contribution in [1.82, 2.24) is 4.90 Å². The lowest BCUT2D eigenvalue weighted by Gasteiger charge is -2.26. The van der Waals surface area contributed by atoms with E-state index in [1.165, 1.54) is 4.90 Å². The maximum Gasteiger partial charge on any atom is 0.229 e. The Morgan fingerprint density at radius 3 is 2.14 bits per heavy atom. The number of carbonyl (C=O) groups excluding carboxylic acids is 2. The van der Waals surface area contributed by atoms with E-state index in [9.17, 15) is 9.59 Å². The number of hydrogen-bond acceptors (Lipinski definition) is 3. The van der Waals surface area contributed by atoms with Crippen molar-refractivity contribution in [3.63, 3.8) is 0 Å². The molecule has 4 heteroatoms. The van der Waals surface area contributed by atoms with Gasteiger partial charge < -0.3 is 5.11 Å². The van der Waals surface area contributed by atoms with Crippen molar-refractivity contribution >= 4 is 11.8 Å². The fourth-order valence-electron chi connectivity index (χ4n) is 1.73. The van der Waals surface area contributed by atoms with Gasteiger partial charge in [0.15, 0.2) is 0 Å². The standard InChI is InChI=1S/C10H17NO3/c1-2-8(7-12)11-9(13)5-3-4-6-10(11)14/h8,12H,2-7H2,1H3. The highest BCUT2D eigenvalue weighted by Crippen LogP contribution is 2.16. The van der Waals surface area contributed by atoms with Gasteiger partial charge in [0.1, 0.15) is 0 Å². The monoisotopic (exact) mass is 199 g/mol. The van der Waals surface area contributed by atoms with Crippen LogP contribution in [0.15, 0.2) is 0 Å². The molecule has 1 N–H and O–H groups in total. The number of amides is 2. The van der Waals surface area contributed by atoms with E-state index in [-0.39, 0.29) is 24.5 Å². The molecule has 1 saturated heterocycles. The molecule has 80 valence electrons. The van der Waals surface area contributed by atoms with E-state index in [0.29, 0.717) is 19.3 Å². The van der Waals surface area contributed by atoms with Crippen LogP contribution in [0.5, 0.6) is 0 Å². The molecule has 4 nitrogen and oxygen atoms in total. The normalized spacial score (nSPS) is 20.9. The third-order valence-corrected chi connectivity index (χ3v) is 2.62. The van der Waals surface area contributed by atoms with E-state index in [4.69, 9.17) is 5.11 Å². The Hall–Kier alpha value is -0.900. The lowest BCUT2D eigenvalue weighted by molar-refractivity contribution is -0.147. The van der Waals surface area contributed by atoms with Crippen molar-refractivity contribution in [1.29, 1.82) is 0 Å². The summed E-state index contributed by atoms with van der Waals surface area (Å²) in [5.41, 5.74) is 0. The lowest BCUT2D eigenvalue weighted by atomic mass is 10.2. The summed E-state index contributed by atoms with van der Waals surface area (Å²) < 4.78 is 0. The van der Waals surface area contributed by atoms with Crippen molar-refractivity contribution in [2.45, 2.75) is 45.1 Å². The number of aliphatic hydroxyl groups is 1. The molecule has 0 spiro atoms. The van der Waals surface area contributed by atoms with Crippen molar-refractivity contribution in [3.05, 3.63) is 0 Å². The zero-order valence-electron chi connectivity index (χ0n) is 8.53. The topological polar surface area (TPSA) is 57.6 Å². The molecule has 0 aromatic rings. The van der Waals surface area contributed by atoms with Gasteiger partial charge in [0.25, 0.3) is 0 Å². The molecule has 2 amide bonds. The Morgan fingerprint density at radius 1 is 1.29 bits per heavy atom. The van der Waals surface area contributed by atoms with Gasteiger partial charge in [-0.05, 0) is 19.3 Å². The zero-order valence-corrected chi connectivity index (χ0v) is 8.53. The summed E-state index contributed by atoms with van der Waals surface area (Å²) in [4.78, 5) is 24.4. The Kier molecular flexibility index (Phi) is 4.07. The number of nitrogens with zero attached hydrogens (tertiary/aromatic N) is 1. The number of rotatable bonds is 3. The van der Waals surface area contributed by atoms with Gasteiger partial charge in [-0.1, -0.05) is 6.92 Å². The lowest BCUT2D eigenvalue weighted by Crippen LogP contribution is -2.45. The van der Waals surface area contributed by atoms with Gasteiger partial charge in [0.2, 0.25) is 11.8 Å². The fraction of sp³-hybridized carbons (Fsp3) is 0.800. The highest BCUT2D eigenvalue weighted by molar-refractivity contribution is 5.96. The van der Waals surface area contributed by atoms with Crippen molar-refractivity contribution in [2.75, 3.05) is 6.61 Å². The van der Waals surface area contributed by atoms with E-state index in [1.807, 2.05) is 6.92 Å². The van der Waals surface area contributed by atoms with E-state index in [2.05, 4.69) is 0 Å². The van der Waals surface area contributed by atoms with Crippen molar-refractivity contribution in [3.8, 4) is 0 Å². The average molecular weight is 199 g/mol. The van der Waals surface area contributed by atoms with Crippen molar-refractivity contribution < 1.29 is 14.7 Å². The quantitative estimate of drug-likeness (QED) is 0.680. The molecule has 0 aromatic heterocycles. The smallest absolute Gasteiger partial charge is 0.229 e. The molecule has 0 aromatic carbocycles. The summed E-state index contributed by atoms with van der Waals surface area (Å²) in [6.07, 6.45) is 3.05. The Balaban J connectivity index is 2.78. The average Bonchev–Trinajstić information content (AvgIpc) is 2.33. The number of carbonyl (C=O) groups is 2. The van der Waals surface area contributed by atoms with Crippen LogP contribution in [-0.4, -0.2) is 34.5 Å². The van der Waals surface area contributed by atoms with Gasteiger partial charge in [-0.25, -0.2) is 0 Å². The molecule has 14 heavy (non-hydrogen) atoms. The second-order valence-corrected chi connectivity index (χ2v) is 3.61. The fourth-order valence-corrected chi connectivity index (χ4v) is 1.73. The van der Waals surface area contributed by atoms with Gasteiger partial charge in [0, 0.05) is 12.8 Å². The molecular formula is C10H17NO3. The van der Waals surface area contributed by atoms with Crippen LogP contribution in [0.2, 0.25) is 0 Å². The summed E-state index contributed by atoms with van der Waals surface area (Å²) in [5, 5.41) is 9.06. The highest BCUT2D eigenvalue weighted by Gasteiger charge is 2.29. The van der Waals surface area contributed by atoms with Gasteiger partial charge in [-0.15, -0.1) is 0 Å². The van der Waals surface area contributed by atoms with Gasteiger partial charge in [0.05, 0.1) is 12.6 Å². The molecule has 1 aliphatic rings. The van der Waals surface area contributed by atoms with Crippen LogP contribution in [0.3, 0.4) is 0 Å². The van der Waals surface area contributed by atoms with Crippen LogP contribution in [0.25, 0.3) is 0 Å². The Morgan fingerprint density at radius 2 is 1.79 bits per heavy atom. The first kappa shape index (κ1) is 11.2. The molecule has 1 rings (SSSR count). The largest absolute Gasteiger partial charge is 0.394 e. The molecule has 1 fully saturated rings. The van der Waals surface area contributed by atoms with Crippen LogP contribution in [0, 0.1) is 0 Å². The van der Waals surface area contributed by atoms with E-state index in [0.717, 1.165) is 12.8 Å². The third-order valence-electron chi connectivity index (χ3n) is 2.62. The first-order chi connectivity index (χ1) is 6.70. The summed E-state index contributed by atoms with van der Waals surface area (Å²) in [6, 6.07) is -0.326. The van der Waals surface area contributed by atoms with Crippen LogP contribution in [-0.2, 0) is 9.59 Å². The summed E-state index contributed by atoms with van der Waals surface area (Å²) in [5.74, 6) is -0.262. The Labute approximate surface area is 83.9 Å². The van der Waals surface area contributed by atoms with Crippen LogP contribution < -0.4 is 0 Å². The Bertz CT molecular complexity index is 205. The zero-order chi connectivity index (χ0) is 10.6. The van der Waals surface area contributed by atoms with E-state index in [1.54, 1.807) is 0 Å². The van der Waals surface area contributed by atoms with Gasteiger partial charge in [-0.2, -0.15) is 0 Å². The van der Waals surface area contributed by atoms with Crippen LogP contribution >= 0.6 is 0 Å². The predicted octanol–water partition coefficient (Wildman–Crippen LogP) is 0.686. The molecule has 0 saturated carbocycles. The summed E-state index contributed by atoms with van der Waals surface area (Å²) >= 11 is 0. The molecule has 0 radical (unpaired) electrons. The van der Waals surface area contributed by atoms with E-state index < -0.39 is 0 Å². The highest BCUT2D eigenvalue weighted by atomic mass is 16.3. The minimum Gasteiger partial charge on any atom is -0.394 e.